The average Bonchev–Trinajstić information content (AvgIpc) is 2.30. The van der Waals surface area contributed by atoms with E-state index in [1.807, 2.05) is 31.6 Å². The van der Waals surface area contributed by atoms with Crippen molar-refractivity contribution in [1.29, 1.82) is 0 Å². The molecule has 1 aromatic heterocycles. The number of halogens is 1. The lowest BCUT2D eigenvalue weighted by Crippen LogP contribution is -2.21. The lowest BCUT2D eigenvalue weighted by atomic mass is 9.89. The van der Waals surface area contributed by atoms with Crippen molar-refractivity contribution in [3.8, 4) is 0 Å². The Kier molecular flexibility index (Phi) is 3.14. The number of aliphatic hydroxyl groups is 1. The van der Waals surface area contributed by atoms with E-state index >= 15 is 0 Å². The van der Waals surface area contributed by atoms with E-state index in [9.17, 15) is 0 Å². The van der Waals surface area contributed by atoms with Crippen molar-refractivity contribution < 1.29 is 5.11 Å². The molecule has 3 nitrogen and oxygen atoms in total. The summed E-state index contributed by atoms with van der Waals surface area (Å²) in [6.45, 7) is 4.26. The fourth-order valence-corrected chi connectivity index (χ4v) is 1.68. The Hall–Kier alpha value is -0.350. The number of rotatable bonds is 3. The van der Waals surface area contributed by atoms with E-state index in [1.165, 1.54) is 0 Å². The minimum Gasteiger partial charge on any atom is -0.396 e. The van der Waals surface area contributed by atoms with Gasteiger partial charge in [-0.1, -0.05) is 13.8 Å². The Morgan fingerprint density at radius 3 is 2.62 bits per heavy atom. The van der Waals surface area contributed by atoms with E-state index in [0.717, 1.165) is 16.7 Å². The number of nitrogens with zero attached hydrogens (tertiary/aromatic N) is 2. The molecule has 4 heteroatoms. The summed E-state index contributed by atoms with van der Waals surface area (Å²) in [5.41, 5.74) is 1.05. The molecule has 0 saturated carbocycles. The van der Waals surface area contributed by atoms with Crippen LogP contribution < -0.4 is 0 Å². The Balaban J connectivity index is 2.79. The summed E-state index contributed by atoms with van der Waals surface area (Å²) in [7, 11) is 1.91. The van der Waals surface area contributed by atoms with E-state index in [2.05, 4.69) is 21.0 Å². The maximum Gasteiger partial charge on any atom is 0.128 e. The summed E-state index contributed by atoms with van der Waals surface area (Å²) in [5.74, 6) is 0. The molecule has 0 fully saturated rings. The molecule has 0 bridgehead atoms. The maximum atomic E-state index is 9.11. The zero-order valence-electron chi connectivity index (χ0n) is 8.21. The number of hydrogen-bond acceptors (Lipinski definition) is 2. The first-order valence-corrected chi connectivity index (χ1v) is 5.03. The predicted molar refractivity (Wildman–Crippen MR) is 55.5 cm³/mol. The Morgan fingerprint density at radius 2 is 2.23 bits per heavy atom. The van der Waals surface area contributed by atoms with Gasteiger partial charge < -0.3 is 5.11 Å². The van der Waals surface area contributed by atoms with Crippen molar-refractivity contribution >= 4 is 15.9 Å². The van der Waals surface area contributed by atoms with Gasteiger partial charge in [0.25, 0.3) is 0 Å². The molecule has 0 spiro atoms. The van der Waals surface area contributed by atoms with Crippen LogP contribution in [0.4, 0.5) is 0 Å². The van der Waals surface area contributed by atoms with Crippen LogP contribution in [0.5, 0.6) is 0 Å². The van der Waals surface area contributed by atoms with Crippen LogP contribution in [-0.4, -0.2) is 21.5 Å². The minimum absolute atomic E-state index is 0.0762. The lowest BCUT2D eigenvalue weighted by molar-refractivity contribution is 0.157. The van der Waals surface area contributed by atoms with Crippen LogP contribution in [0.2, 0.25) is 0 Å². The Labute approximate surface area is 86.9 Å². The molecule has 0 unspecified atom stereocenters. The van der Waals surface area contributed by atoms with Gasteiger partial charge in [-0.3, -0.25) is 4.68 Å². The molecule has 1 rings (SSSR count). The second-order valence-electron chi connectivity index (χ2n) is 4.08. The van der Waals surface area contributed by atoms with E-state index in [0.29, 0.717) is 0 Å². The SMILES string of the molecule is Cn1nc(Br)cc1CC(C)(C)CO. The van der Waals surface area contributed by atoms with Gasteiger partial charge in [-0.05, 0) is 33.8 Å². The van der Waals surface area contributed by atoms with Crippen molar-refractivity contribution in [2.75, 3.05) is 6.61 Å². The van der Waals surface area contributed by atoms with Gasteiger partial charge in [-0.2, -0.15) is 5.10 Å². The molecule has 0 amide bonds. The molecule has 0 atom stereocenters. The minimum atomic E-state index is -0.0762. The molecular weight excluding hydrogens is 232 g/mol. The second-order valence-corrected chi connectivity index (χ2v) is 4.89. The third-order valence-corrected chi connectivity index (χ3v) is 2.42. The highest BCUT2D eigenvalue weighted by Gasteiger charge is 2.19. The van der Waals surface area contributed by atoms with E-state index in [1.54, 1.807) is 0 Å². The molecule has 0 aliphatic heterocycles. The van der Waals surface area contributed by atoms with Gasteiger partial charge in [0.1, 0.15) is 4.60 Å². The summed E-state index contributed by atoms with van der Waals surface area (Å²) in [5, 5.41) is 13.3. The highest BCUT2D eigenvalue weighted by Crippen LogP contribution is 2.22. The van der Waals surface area contributed by atoms with E-state index < -0.39 is 0 Å². The maximum absolute atomic E-state index is 9.11. The Bertz CT molecular complexity index is 294. The average molecular weight is 247 g/mol. The predicted octanol–water partition coefficient (Wildman–Crippen LogP) is 1.74. The van der Waals surface area contributed by atoms with E-state index in [4.69, 9.17) is 5.11 Å². The topological polar surface area (TPSA) is 38.0 Å². The summed E-state index contributed by atoms with van der Waals surface area (Å²) in [4.78, 5) is 0. The molecule has 0 radical (unpaired) electrons. The Morgan fingerprint density at radius 1 is 1.62 bits per heavy atom. The number of aromatic nitrogens is 2. The molecule has 0 aromatic carbocycles. The highest BCUT2D eigenvalue weighted by molar-refractivity contribution is 9.10. The number of hydrogen-bond donors (Lipinski definition) is 1. The van der Waals surface area contributed by atoms with Crippen molar-refractivity contribution in [3.05, 3.63) is 16.4 Å². The lowest BCUT2D eigenvalue weighted by Gasteiger charge is -2.20. The molecular formula is C9H15BrN2O. The molecule has 74 valence electrons. The van der Waals surface area contributed by atoms with Crippen LogP contribution in [0.25, 0.3) is 0 Å². The standard InChI is InChI=1S/C9H15BrN2O/c1-9(2,6-13)5-7-4-8(10)11-12(7)3/h4,13H,5-6H2,1-3H3. The molecule has 1 aromatic rings. The van der Waals surface area contributed by atoms with E-state index in [-0.39, 0.29) is 12.0 Å². The van der Waals surface area contributed by atoms with Crippen LogP contribution >= 0.6 is 15.9 Å². The van der Waals surface area contributed by atoms with Gasteiger partial charge in [0.05, 0.1) is 0 Å². The molecule has 13 heavy (non-hydrogen) atoms. The third-order valence-electron chi connectivity index (χ3n) is 2.03. The fourth-order valence-electron chi connectivity index (χ4n) is 1.18. The molecule has 0 aliphatic carbocycles. The quantitative estimate of drug-likeness (QED) is 0.883. The highest BCUT2D eigenvalue weighted by atomic mass is 79.9. The van der Waals surface area contributed by atoms with Crippen molar-refractivity contribution in [1.82, 2.24) is 9.78 Å². The first kappa shape index (κ1) is 10.7. The summed E-state index contributed by atoms with van der Waals surface area (Å²) in [6, 6.07) is 1.98. The van der Waals surface area contributed by atoms with Crippen molar-refractivity contribution in [2.24, 2.45) is 12.5 Å². The first-order chi connectivity index (χ1) is 5.94. The zero-order valence-corrected chi connectivity index (χ0v) is 9.80. The van der Waals surface area contributed by atoms with Crippen LogP contribution in [0, 0.1) is 5.41 Å². The van der Waals surface area contributed by atoms with Crippen molar-refractivity contribution in [2.45, 2.75) is 20.3 Å². The van der Waals surface area contributed by atoms with Gasteiger partial charge in [0.15, 0.2) is 0 Å². The van der Waals surface area contributed by atoms with Crippen LogP contribution in [0.1, 0.15) is 19.5 Å². The normalized spacial score (nSPS) is 12.1. The summed E-state index contributed by atoms with van der Waals surface area (Å²) < 4.78 is 2.68. The molecule has 0 saturated heterocycles. The van der Waals surface area contributed by atoms with Crippen LogP contribution in [0.3, 0.4) is 0 Å². The van der Waals surface area contributed by atoms with Crippen molar-refractivity contribution in [3.63, 3.8) is 0 Å². The largest absolute Gasteiger partial charge is 0.396 e. The second kappa shape index (κ2) is 3.80. The summed E-state index contributed by atoms with van der Waals surface area (Å²) >= 11 is 3.32. The van der Waals surface area contributed by atoms with Gasteiger partial charge in [-0.15, -0.1) is 0 Å². The third kappa shape index (κ3) is 2.81. The first-order valence-electron chi connectivity index (χ1n) is 4.24. The molecule has 0 aliphatic rings. The van der Waals surface area contributed by atoms with Gasteiger partial charge in [0, 0.05) is 19.3 Å². The smallest absolute Gasteiger partial charge is 0.128 e. The summed E-state index contributed by atoms with van der Waals surface area (Å²) in [6.07, 6.45) is 0.832. The monoisotopic (exact) mass is 246 g/mol. The molecule has 1 heterocycles. The van der Waals surface area contributed by atoms with Crippen LogP contribution in [-0.2, 0) is 13.5 Å². The number of aliphatic hydroxyl groups excluding tert-OH is 1. The number of aryl methyl sites for hydroxylation is 1. The van der Waals surface area contributed by atoms with Crippen LogP contribution in [0.15, 0.2) is 10.7 Å². The fraction of sp³-hybridized carbons (Fsp3) is 0.667. The van der Waals surface area contributed by atoms with Gasteiger partial charge in [0.2, 0.25) is 0 Å². The van der Waals surface area contributed by atoms with Gasteiger partial charge in [-0.25, -0.2) is 0 Å². The zero-order chi connectivity index (χ0) is 10.1. The van der Waals surface area contributed by atoms with Gasteiger partial charge >= 0.3 is 0 Å². The molecule has 1 N–H and O–H groups in total.